The van der Waals surface area contributed by atoms with Crippen LogP contribution in [0.25, 0.3) is 0 Å². The Hall–Kier alpha value is -1.33. The molecule has 100 valence electrons. The highest BCUT2D eigenvalue weighted by Crippen LogP contribution is 2.18. The Labute approximate surface area is 112 Å². The van der Waals surface area contributed by atoms with Gasteiger partial charge in [-0.15, -0.1) is 0 Å². The van der Waals surface area contributed by atoms with Gasteiger partial charge in [0.25, 0.3) is 5.91 Å². The van der Waals surface area contributed by atoms with Gasteiger partial charge in [-0.05, 0) is 26.3 Å². The van der Waals surface area contributed by atoms with Gasteiger partial charge in [0.05, 0.1) is 17.4 Å². The molecule has 1 rings (SSSR count). The summed E-state index contributed by atoms with van der Waals surface area (Å²) in [6.07, 6.45) is 1.91. The number of carbonyl (C=O) groups excluding carboxylic acids is 1. The van der Waals surface area contributed by atoms with E-state index in [1.54, 1.807) is 4.90 Å². The van der Waals surface area contributed by atoms with E-state index in [9.17, 15) is 4.79 Å². The van der Waals surface area contributed by atoms with Crippen LogP contribution in [0.3, 0.4) is 0 Å². The molecule has 0 radical (unpaired) electrons. The third-order valence-electron chi connectivity index (χ3n) is 2.57. The van der Waals surface area contributed by atoms with Gasteiger partial charge in [-0.2, -0.15) is 0 Å². The molecule has 0 atom stereocenters. The number of hydrogen-bond donors (Lipinski definition) is 2. The molecule has 0 aliphatic rings. The van der Waals surface area contributed by atoms with Gasteiger partial charge in [0, 0.05) is 19.2 Å². The second kappa shape index (κ2) is 6.56. The summed E-state index contributed by atoms with van der Waals surface area (Å²) >= 11 is 5.77. The molecule has 0 aromatic carbocycles. The molecule has 6 heteroatoms. The van der Waals surface area contributed by atoms with Crippen LogP contribution in [-0.4, -0.2) is 40.1 Å². The van der Waals surface area contributed by atoms with Crippen LogP contribution in [0.4, 0.5) is 5.69 Å². The molecule has 3 N–H and O–H groups in total. The summed E-state index contributed by atoms with van der Waals surface area (Å²) < 4.78 is 0. The van der Waals surface area contributed by atoms with E-state index in [4.69, 9.17) is 22.4 Å². The molecule has 1 aromatic heterocycles. The maximum atomic E-state index is 12.3. The first-order valence-electron chi connectivity index (χ1n) is 5.80. The first-order valence-corrected chi connectivity index (χ1v) is 6.18. The molecule has 18 heavy (non-hydrogen) atoms. The molecule has 1 amide bonds. The van der Waals surface area contributed by atoms with E-state index in [0.29, 0.717) is 24.2 Å². The van der Waals surface area contributed by atoms with Crippen molar-refractivity contribution in [1.29, 1.82) is 0 Å². The van der Waals surface area contributed by atoms with E-state index in [-0.39, 0.29) is 23.7 Å². The van der Waals surface area contributed by atoms with Gasteiger partial charge in [-0.1, -0.05) is 11.6 Å². The molecule has 0 aliphatic carbocycles. The maximum Gasteiger partial charge on any atom is 0.256 e. The number of rotatable bonds is 5. The van der Waals surface area contributed by atoms with Crippen LogP contribution < -0.4 is 5.73 Å². The van der Waals surface area contributed by atoms with Crippen molar-refractivity contribution in [2.45, 2.75) is 26.3 Å². The Morgan fingerprint density at radius 1 is 1.61 bits per heavy atom. The average molecular weight is 272 g/mol. The number of amides is 1. The Balaban J connectivity index is 2.98. The highest BCUT2D eigenvalue weighted by Gasteiger charge is 2.20. The number of aliphatic hydroxyl groups is 1. The number of aromatic nitrogens is 1. The number of nitrogens with zero attached hydrogens (tertiary/aromatic N) is 2. The Morgan fingerprint density at radius 3 is 2.83 bits per heavy atom. The monoisotopic (exact) mass is 271 g/mol. The average Bonchev–Trinajstić information content (AvgIpc) is 2.32. The summed E-state index contributed by atoms with van der Waals surface area (Å²) in [5, 5.41) is 9.09. The predicted molar refractivity (Wildman–Crippen MR) is 71.5 cm³/mol. The largest absolute Gasteiger partial charge is 0.397 e. The Kier molecular flexibility index (Phi) is 5.37. The van der Waals surface area contributed by atoms with E-state index in [1.807, 2.05) is 13.8 Å². The van der Waals surface area contributed by atoms with Crippen LogP contribution in [0.5, 0.6) is 0 Å². The first kappa shape index (κ1) is 14.7. The number of hydrogen-bond acceptors (Lipinski definition) is 4. The zero-order valence-electron chi connectivity index (χ0n) is 10.6. The van der Waals surface area contributed by atoms with Crippen molar-refractivity contribution in [2.24, 2.45) is 0 Å². The second-order valence-corrected chi connectivity index (χ2v) is 4.65. The van der Waals surface area contributed by atoms with Crippen molar-refractivity contribution in [3.63, 3.8) is 0 Å². The fourth-order valence-corrected chi connectivity index (χ4v) is 1.77. The molecular weight excluding hydrogens is 254 g/mol. The van der Waals surface area contributed by atoms with Crippen LogP contribution in [0.1, 0.15) is 30.6 Å². The van der Waals surface area contributed by atoms with Crippen LogP contribution >= 0.6 is 11.6 Å². The lowest BCUT2D eigenvalue weighted by Gasteiger charge is -2.27. The fourth-order valence-electron chi connectivity index (χ4n) is 1.62. The molecule has 0 aliphatic heterocycles. The minimum absolute atomic E-state index is 0.0235. The zero-order valence-corrected chi connectivity index (χ0v) is 11.3. The van der Waals surface area contributed by atoms with Crippen molar-refractivity contribution in [3.8, 4) is 0 Å². The van der Waals surface area contributed by atoms with Gasteiger partial charge >= 0.3 is 0 Å². The standard InChI is InChI=1S/C12H18ClN3O2/c1-8(2)16(4-3-5-17)12(18)9-6-11(13)15-7-10(9)14/h6-8,17H,3-5,14H2,1-2H3. The number of anilines is 1. The van der Waals surface area contributed by atoms with E-state index >= 15 is 0 Å². The third-order valence-corrected chi connectivity index (χ3v) is 2.78. The molecule has 0 bridgehead atoms. The minimum Gasteiger partial charge on any atom is -0.397 e. The Morgan fingerprint density at radius 2 is 2.28 bits per heavy atom. The number of aliphatic hydroxyl groups excluding tert-OH is 1. The van der Waals surface area contributed by atoms with Crippen LogP contribution in [-0.2, 0) is 0 Å². The van der Waals surface area contributed by atoms with E-state index < -0.39 is 0 Å². The summed E-state index contributed by atoms with van der Waals surface area (Å²) in [6.45, 7) is 4.35. The summed E-state index contributed by atoms with van der Waals surface area (Å²) in [6, 6.07) is 1.49. The molecule has 1 heterocycles. The highest BCUT2D eigenvalue weighted by molar-refractivity contribution is 6.29. The van der Waals surface area contributed by atoms with E-state index in [0.717, 1.165) is 0 Å². The summed E-state index contributed by atoms with van der Waals surface area (Å²) in [5.74, 6) is -0.194. The van der Waals surface area contributed by atoms with Crippen LogP contribution in [0, 0.1) is 0 Å². The van der Waals surface area contributed by atoms with Crippen molar-refractivity contribution >= 4 is 23.2 Å². The number of carbonyl (C=O) groups is 1. The van der Waals surface area contributed by atoms with Crippen molar-refractivity contribution in [2.75, 3.05) is 18.9 Å². The van der Waals surface area contributed by atoms with Crippen molar-refractivity contribution < 1.29 is 9.90 Å². The minimum atomic E-state index is -0.194. The molecule has 0 saturated carbocycles. The normalized spacial score (nSPS) is 10.7. The third kappa shape index (κ3) is 3.58. The molecule has 0 fully saturated rings. The molecule has 0 spiro atoms. The topological polar surface area (TPSA) is 79.5 Å². The number of nitrogen functional groups attached to an aromatic ring is 1. The number of pyridine rings is 1. The van der Waals surface area contributed by atoms with Crippen LogP contribution in [0.2, 0.25) is 5.15 Å². The van der Waals surface area contributed by atoms with Gasteiger partial charge < -0.3 is 15.7 Å². The Bertz CT molecular complexity index is 424. The smallest absolute Gasteiger partial charge is 0.256 e. The van der Waals surface area contributed by atoms with E-state index in [2.05, 4.69) is 4.98 Å². The molecule has 0 saturated heterocycles. The zero-order chi connectivity index (χ0) is 13.7. The van der Waals surface area contributed by atoms with Crippen LogP contribution in [0.15, 0.2) is 12.3 Å². The predicted octanol–water partition coefficient (Wildman–Crippen LogP) is 1.55. The van der Waals surface area contributed by atoms with Gasteiger partial charge in [0.15, 0.2) is 0 Å². The van der Waals surface area contributed by atoms with Crippen molar-refractivity contribution in [3.05, 3.63) is 23.0 Å². The lowest BCUT2D eigenvalue weighted by Crippen LogP contribution is -2.38. The highest BCUT2D eigenvalue weighted by atomic mass is 35.5. The summed E-state index contributed by atoms with van der Waals surface area (Å²) in [7, 11) is 0. The lowest BCUT2D eigenvalue weighted by atomic mass is 10.1. The lowest BCUT2D eigenvalue weighted by molar-refractivity contribution is 0.0694. The maximum absolute atomic E-state index is 12.3. The van der Waals surface area contributed by atoms with Crippen molar-refractivity contribution in [1.82, 2.24) is 9.88 Å². The van der Waals surface area contributed by atoms with Gasteiger partial charge in [0.2, 0.25) is 0 Å². The van der Waals surface area contributed by atoms with Gasteiger partial charge in [-0.25, -0.2) is 4.98 Å². The molecule has 1 aromatic rings. The summed E-state index contributed by atoms with van der Waals surface area (Å²) in [4.78, 5) is 17.8. The van der Waals surface area contributed by atoms with E-state index in [1.165, 1.54) is 12.3 Å². The first-order chi connectivity index (χ1) is 8.47. The van der Waals surface area contributed by atoms with Gasteiger partial charge in [-0.3, -0.25) is 4.79 Å². The molecule has 0 unspecified atom stereocenters. The molecular formula is C12H18ClN3O2. The quantitative estimate of drug-likeness (QED) is 0.797. The van der Waals surface area contributed by atoms with Gasteiger partial charge in [0.1, 0.15) is 5.15 Å². The SMILES string of the molecule is CC(C)N(CCCO)C(=O)c1cc(Cl)ncc1N. The molecule has 5 nitrogen and oxygen atoms in total. The number of nitrogens with two attached hydrogens (primary N) is 1. The number of halogens is 1. The summed E-state index contributed by atoms with van der Waals surface area (Å²) in [5.41, 5.74) is 6.39. The second-order valence-electron chi connectivity index (χ2n) is 4.26. The fraction of sp³-hybridized carbons (Fsp3) is 0.500.